The Morgan fingerprint density at radius 2 is 1.81 bits per heavy atom. The molecule has 0 amide bonds. The molecule has 8 heteroatoms. The van der Waals surface area contributed by atoms with Gasteiger partial charge in [0.1, 0.15) is 0 Å². The number of carbonyl (C=O) groups excluding carboxylic acids is 1. The molecule has 1 aromatic carbocycles. The first kappa shape index (κ1) is 17.0. The zero-order valence-corrected chi connectivity index (χ0v) is 12.6. The third-order valence-corrected chi connectivity index (χ3v) is 4.76. The quantitative estimate of drug-likeness (QED) is 0.756. The summed E-state index contributed by atoms with van der Waals surface area (Å²) < 4.78 is 29.7. The Balaban J connectivity index is 2.74. The van der Waals surface area contributed by atoms with Gasteiger partial charge in [0.2, 0.25) is 10.0 Å². The number of hydrogen-bond acceptors (Lipinski definition) is 5. The number of methoxy groups -OCH3 is 1. The van der Waals surface area contributed by atoms with E-state index in [-0.39, 0.29) is 24.2 Å². The standard InChI is InChI=1S/C13H17NO6S/c1-14(11-7-5-10(6-8-11)13(16)17)21(18,19)9-3-4-12(15)20-2/h5-8H,3-4,9H2,1-2H3,(H,16,17). The van der Waals surface area contributed by atoms with Crippen LogP contribution in [0, 0.1) is 0 Å². The summed E-state index contributed by atoms with van der Waals surface area (Å²) >= 11 is 0. The van der Waals surface area contributed by atoms with Gasteiger partial charge < -0.3 is 9.84 Å². The number of rotatable bonds is 7. The summed E-state index contributed by atoms with van der Waals surface area (Å²) in [5, 5.41) is 8.79. The molecule has 1 aromatic rings. The fraction of sp³-hybridized carbons (Fsp3) is 0.385. The number of ether oxygens (including phenoxy) is 1. The smallest absolute Gasteiger partial charge is 0.335 e. The lowest BCUT2D eigenvalue weighted by Gasteiger charge is -2.19. The summed E-state index contributed by atoms with van der Waals surface area (Å²) in [4.78, 5) is 21.7. The second-order valence-corrected chi connectivity index (χ2v) is 6.44. The van der Waals surface area contributed by atoms with Gasteiger partial charge in [0.05, 0.1) is 24.1 Å². The van der Waals surface area contributed by atoms with Gasteiger partial charge in [-0.1, -0.05) is 0 Å². The van der Waals surface area contributed by atoms with E-state index in [1.54, 1.807) is 0 Å². The molecule has 0 saturated carbocycles. The summed E-state index contributed by atoms with van der Waals surface area (Å²) in [5.41, 5.74) is 0.438. The van der Waals surface area contributed by atoms with E-state index in [0.29, 0.717) is 5.69 Å². The van der Waals surface area contributed by atoms with Crippen molar-refractivity contribution < 1.29 is 27.9 Å². The molecule has 0 bridgehead atoms. The van der Waals surface area contributed by atoms with E-state index < -0.39 is 22.0 Å². The molecule has 1 rings (SSSR count). The number of carbonyl (C=O) groups is 2. The number of carboxylic acids is 1. The number of esters is 1. The first-order chi connectivity index (χ1) is 9.77. The zero-order chi connectivity index (χ0) is 16.0. The highest BCUT2D eigenvalue weighted by molar-refractivity contribution is 7.92. The molecule has 0 aliphatic rings. The molecule has 0 aliphatic carbocycles. The lowest BCUT2D eigenvalue weighted by Crippen LogP contribution is -2.29. The Labute approximate surface area is 123 Å². The molecule has 1 N–H and O–H groups in total. The molecule has 0 spiro atoms. The van der Waals surface area contributed by atoms with E-state index in [9.17, 15) is 18.0 Å². The molecule has 0 unspecified atom stereocenters. The van der Waals surface area contributed by atoms with Crippen LogP contribution < -0.4 is 4.31 Å². The lowest BCUT2D eigenvalue weighted by molar-refractivity contribution is -0.140. The number of aromatic carboxylic acids is 1. The van der Waals surface area contributed by atoms with Gasteiger partial charge in [-0.3, -0.25) is 9.10 Å². The molecule has 7 nitrogen and oxygen atoms in total. The van der Waals surface area contributed by atoms with Crippen molar-refractivity contribution >= 4 is 27.6 Å². The van der Waals surface area contributed by atoms with Gasteiger partial charge in [-0.2, -0.15) is 0 Å². The molecule has 0 aliphatic heterocycles. The average Bonchev–Trinajstić information content (AvgIpc) is 2.46. The fourth-order valence-corrected chi connectivity index (χ4v) is 2.84. The van der Waals surface area contributed by atoms with Crippen LogP contribution in [0.5, 0.6) is 0 Å². The van der Waals surface area contributed by atoms with Crippen molar-refractivity contribution in [3.63, 3.8) is 0 Å². The van der Waals surface area contributed by atoms with Gasteiger partial charge in [-0.05, 0) is 30.7 Å². The number of benzene rings is 1. The Hall–Kier alpha value is -2.09. The normalized spacial score (nSPS) is 11.0. The van der Waals surface area contributed by atoms with Gasteiger partial charge in [-0.25, -0.2) is 13.2 Å². The molecule has 0 aromatic heterocycles. The molecular formula is C13H17NO6S. The van der Waals surface area contributed by atoms with Crippen molar-refractivity contribution in [1.82, 2.24) is 0 Å². The summed E-state index contributed by atoms with van der Waals surface area (Å²) in [6.07, 6.45) is 0.189. The van der Waals surface area contributed by atoms with Crippen LogP contribution in [-0.2, 0) is 19.6 Å². The summed E-state index contributed by atoms with van der Waals surface area (Å²) in [7, 11) is -0.951. The molecule has 0 radical (unpaired) electrons. The van der Waals surface area contributed by atoms with Gasteiger partial charge in [0.25, 0.3) is 0 Å². The van der Waals surface area contributed by atoms with E-state index in [0.717, 1.165) is 4.31 Å². The second kappa shape index (κ2) is 7.07. The van der Waals surface area contributed by atoms with Crippen molar-refractivity contribution in [1.29, 1.82) is 0 Å². The van der Waals surface area contributed by atoms with Crippen molar-refractivity contribution in [2.75, 3.05) is 24.2 Å². The Bertz CT molecular complexity index is 608. The van der Waals surface area contributed by atoms with E-state index in [4.69, 9.17) is 5.11 Å². The van der Waals surface area contributed by atoms with Crippen molar-refractivity contribution in [3.05, 3.63) is 29.8 Å². The number of nitrogens with zero attached hydrogens (tertiary/aromatic N) is 1. The highest BCUT2D eigenvalue weighted by atomic mass is 32.2. The highest BCUT2D eigenvalue weighted by Crippen LogP contribution is 2.18. The molecule has 0 atom stereocenters. The van der Waals surface area contributed by atoms with Crippen molar-refractivity contribution in [2.45, 2.75) is 12.8 Å². The average molecular weight is 315 g/mol. The molecule has 0 saturated heterocycles. The van der Waals surface area contributed by atoms with Crippen LogP contribution >= 0.6 is 0 Å². The SMILES string of the molecule is COC(=O)CCCS(=O)(=O)N(C)c1ccc(C(=O)O)cc1. The van der Waals surface area contributed by atoms with Crippen LogP contribution in [0.1, 0.15) is 23.2 Å². The number of sulfonamides is 1. The van der Waals surface area contributed by atoms with Crippen LogP contribution in [0.25, 0.3) is 0 Å². The Kier molecular flexibility index (Phi) is 5.71. The molecule has 0 heterocycles. The van der Waals surface area contributed by atoms with Crippen LogP contribution in [0.3, 0.4) is 0 Å². The predicted molar refractivity (Wildman–Crippen MR) is 76.8 cm³/mol. The van der Waals surface area contributed by atoms with Crippen LogP contribution in [0.15, 0.2) is 24.3 Å². The number of hydrogen-bond donors (Lipinski definition) is 1. The largest absolute Gasteiger partial charge is 0.478 e. The third kappa shape index (κ3) is 4.75. The van der Waals surface area contributed by atoms with Crippen LogP contribution in [-0.4, -0.2) is 45.4 Å². The number of anilines is 1. The van der Waals surface area contributed by atoms with E-state index >= 15 is 0 Å². The van der Waals surface area contributed by atoms with Gasteiger partial charge >= 0.3 is 11.9 Å². The van der Waals surface area contributed by atoms with Crippen molar-refractivity contribution in [3.8, 4) is 0 Å². The topological polar surface area (TPSA) is 101 Å². The summed E-state index contributed by atoms with van der Waals surface area (Å²) in [5.74, 6) is -1.73. The molecule has 0 fully saturated rings. The van der Waals surface area contributed by atoms with Gasteiger partial charge in [0, 0.05) is 13.5 Å². The van der Waals surface area contributed by atoms with Crippen molar-refractivity contribution in [2.24, 2.45) is 0 Å². The Morgan fingerprint density at radius 1 is 1.24 bits per heavy atom. The first-order valence-electron chi connectivity index (χ1n) is 6.14. The maximum absolute atomic E-state index is 12.1. The zero-order valence-electron chi connectivity index (χ0n) is 11.8. The minimum Gasteiger partial charge on any atom is -0.478 e. The van der Waals surface area contributed by atoms with E-state index in [1.807, 2.05) is 0 Å². The van der Waals surface area contributed by atoms with E-state index in [2.05, 4.69) is 4.74 Å². The lowest BCUT2D eigenvalue weighted by atomic mass is 10.2. The Morgan fingerprint density at radius 3 is 2.29 bits per heavy atom. The summed E-state index contributed by atoms with van der Waals surface area (Å²) in [6, 6.07) is 5.50. The highest BCUT2D eigenvalue weighted by Gasteiger charge is 2.19. The van der Waals surface area contributed by atoms with Crippen LogP contribution in [0.2, 0.25) is 0 Å². The van der Waals surface area contributed by atoms with Crippen LogP contribution in [0.4, 0.5) is 5.69 Å². The molecular weight excluding hydrogens is 298 g/mol. The number of carboxylic acid groups (broad SMARTS) is 1. The predicted octanol–water partition coefficient (Wildman–Crippen LogP) is 1.10. The summed E-state index contributed by atoms with van der Waals surface area (Å²) in [6.45, 7) is 0. The minimum atomic E-state index is -3.57. The third-order valence-electron chi connectivity index (χ3n) is 2.91. The fourth-order valence-electron chi connectivity index (χ4n) is 1.61. The van der Waals surface area contributed by atoms with Gasteiger partial charge in [-0.15, -0.1) is 0 Å². The van der Waals surface area contributed by atoms with Gasteiger partial charge in [0.15, 0.2) is 0 Å². The van der Waals surface area contributed by atoms with E-state index in [1.165, 1.54) is 38.4 Å². The maximum atomic E-state index is 12.1. The second-order valence-electron chi connectivity index (χ2n) is 4.32. The molecule has 116 valence electrons. The first-order valence-corrected chi connectivity index (χ1v) is 7.75. The monoisotopic (exact) mass is 315 g/mol. The maximum Gasteiger partial charge on any atom is 0.335 e. The molecule has 21 heavy (non-hydrogen) atoms. The minimum absolute atomic E-state index is 0.0293.